The molecular weight excluding hydrogens is 348 g/mol. The molecule has 0 spiro atoms. The van der Waals surface area contributed by atoms with Crippen LogP contribution in [-0.4, -0.2) is 23.6 Å². The summed E-state index contributed by atoms with van der Waals surface area (Å²) >= 11 is 5.23. The zero-order chi connectivity index (χ0) is 15.2. The zero-order valence-electron chi connectivity index (χ0n) is 12.7. The lowest BCUT2D eigenvalue weighted by Gasteiger charge is -2.22. The maximum atomic E-state index is 4.51. The van der Waals surface area contributed by atoms with E-state index in [1.807, 2.05) is 0 Å². The number of thiophene rings is 1. The Balaban J connectivity index is 2.26. The summed E-state index contributed by atoms with van der Waals surface area (Å²) in [5.41, 5.74) is 2.50. The van der Waals surface area contributed by atoms with Crippen LogP contribution in [0.3, 0.4) is 0 Å². The maximum absolute atomic E-state index is 4.51. The van der Waals surface area contributed by atoms with Gasteiger partial charge in [-0.2, -0.15) is 0 Å². The summed E-state index contributed by atoms with van der Waals surface area (Å²) in [5, 5.41) is 5.51. The Morgan fingerprint density at radius 1 is 1.33 bits per heavy atom. The van der Waals surface area contributed by atoms with Gasteiger partial charge in [0.1, 0.15) is 18.0 Å². The predicted molar refractivity (Wildman–Crippen MR) is 94.3 cm³/mol. The highest BCUT2D eigenvalue weighted by Gasteiger charge is 2.14. The van der Waals surface area contributed by atoms with Gasteiger partial charge in [0.15, 0.2) is 0 Å². The van der Waals surface area contributed by atoms with Gasteiger partial charge in [-0.1, -0.05) is 13.3 Å². The zero-order valence-corrected chi connectivity index (χ0v) is 15.1. The van der Waals surface area contributed by atoms with Crippen LogP contribution in [-0.2, 0) is 13.0 Å². The first-order chi connectivity index (χ1) is 10.2. The van der Waals surface area contributed by atoms with E-state index in [9.17, 15) is 0 Å². The molecule has 0 aliphatic rings. The lowest BCUT2D eigenvalue weighted by Crippen LogP contribution is -2.20. The van der Waals surface area contributed by atoms with E-state index in [0.717, 1.165) is 41.4 Å². The smallest absolute Gasteiger partial charge is 0.137 e. The van der Waals surface area contributed by atoms with E-state index in [0.29, 0.717) is 0 Å². The van der Waals surface area contributed by atoms with Gasteiger partial charge < -0.3 is 10.2 Å². The Kier molecular flexibility index (Phi) is 5.99. The molecule has 21 heavy (non-hydrogen) atoms. The quantitative estimate of drug-likeness (QED) is 0.789. The van der Waals surface area contributed by atoms with Gasteiger partial charge in [-0.3, -0.25) is 0 Å². The highest BCUT2D eigenvalue weighted by Crippen LogP contribution is 2.27. The third-order valence-electron chi connectivity index (χ3n) is 3.17. The lowest BCUT2D eigenvalue weighted by molar-refractivity contribution is 0.843. The molecule has 4 nitrogen and oxygen atoms in total. The third-order valence-corrected chi connectivity index (χ3v) is 4.72. The summed E-state index contributed by atoms with van der Waals surface area (Å²) in [6, 6.07) is 2.16. The summed E-state index contributed by atoms with van der Waals surface area (Å²) in [7, 11) is 2.09. The topological polar surface area (TPSA) is 41.1 Å². The molecule has 2 rings (SSSR count). The fourth-order valence-corrected chi connectivity index (χ4v) is 3.51. The number of nitrogens with zero attached hydrogens (tertiary/aromatic N) is 3. The van der Waals surface area contributed by atoms with Crippen LogP contribution in [0.4, 0.5) is 11.6 Å². The Morgan fingerprint density at radius 2 is 2.14 bits per heavy atom. The average Bonchev–Trinajstić information content (AvgIpc) is 2.86. The monoisotopic (exact) mass is 368 g/mol. The molecule has 0 atom stereocenters. The first-order valence-corrected chi connectivity index (χ1v) is 8.84. The number of aromatic nitrogens is 2. The molecular formula is C15H21BrN4S. The first-order valence-electron chi connectivity index (χ1n) is 7.17. The summed E-state index contributed by atoms with van der Waals surface area (Å²) < 4.78 is 1.16. The second-order valence-corrected chi connectivity index (χ2v) is 7.21. The van der Waals surface area contributed by atoms with Crippen LogP contribution >= 0.6 is 27.3 Å². The molecule has 2 heterocycles. The molecule has 0 aliphatic heterocycles. The van der Waals surface area contributed by atoms with Gasteiger partial charge in [0.2, 0.25) is 0 Å². The SMILES string of the molecule is CCCc1c(NCC)ncnc1N(C)Cc1csc(Br)c1. The van der Waals surface area contributed by atoms with Gasteiger partial charge in [-0.15, -0.1) is 11.3 Å². The minimum Gasteiger partial charge on any atom is -0.370 e. The van der Waals surface area contributed by atoms with Crippen molar-refractivity contribution in [2.75, 3.05) is 23.8 Å². The van der Waals surface area contributed by atoms with Gasteiger partial charge in [0, 0.05) is 25.7 Å². The first kappa shape index (κ1) is 16.2. The van der Waals surface area contributed by atoms with E-state index in [1.54, 1.807) is 17.7 Å². The van der Waals surface area contributed by atoms with Crippen LogP contribution in [0.25, 0.3) is 0 Å². The van der Waals surface area contributed by atoms with E-state index in [2.05, 4.69) is 68.5 Å². The molecule has 0 bridgehead atoms. The number of rotatable bonds is 7. The van der Waals surface area contributed by atoms with Gasteiger partial charge in [-0.05, 0) is 46.3 Å². The van der Waals surface area contributed by atoms with Crippen molar-refractivity contribution in [2.24, 2.45) is 0 Å². The number of nitrogens with one attached hydrogen (secondary N) is 1. The molecule has 2 aromatic rings. The number of anilines is 2. The molecule has 0 saturated carbocycles. The Hall–Kier alpha value is -1.14. The van der Waals surface area contributed by atoms with Crippen molar-refractivity contribution in [3.8, 4) is 0 Å². The molecule has 6 heteroatoms. The fourth-order valence-electron chi connectivity index (χ4n) is 2.31. The molecule has 0 saturated heterocycles. The molecule has 1 N–H and O–H groups in total. The molecule has 0 fully saturated rings. The Bertz CT molecular complexity index is 585. The van der Waals surface area contributed by atoms with Gasteiger partial charge in [0.05, 0.1) is 3.79 Å². The van der Waals surface area contributed by atoms with E-state index in [1.165, 1.54) is 11.1 Å². The second kappa shape index (κ2) is 7.75. The Morgan fingerprint density at radius 3 is 2.76 bits per heavy atom. The standard InChI is InChI=1S/C15H21BrN4S/c1-4-6-12-14(17-5-2)18-10-19-15(12)20(3)8-11-7-13(16)21-9-11/h7,9-10H,4-6,8H2,1-3H3,(H,17,18,19). The van der Waals surface area contributed by atoms with Crippen molar-refractivity contribution in [3.63, 3.8) is 0 Å². The van der Waals surface area contributed by atoms with Gasteiger partial charge in [0.25, 0.3) is 0 Å². The predicted octanol–water partition coefficient (Wildman–Crippen LogP) is 4.32. The van der Waals surface area contributed by atoms with E-state index in [-0.39, 0.29) is 0 Å². The number of hydrogen-bond donors (Lipinski definition) is 1. The van der Waals surface area contributed by atoms with Crippen LogP contribution < -0.4 is 10.2 Å². The van der Waals surface area contributed by atoms with Crippen molar-refractivity contribution in [3.05, 3.63) is 32.7 Å². The molecule has 0 aliphatic carbocycles. The largest absolute Gasteiger partial charge is 0.370 e. The number of hydrogen-bond acceptors (Lipinski definition) is 5. The van der Waals surface area contributed by atoms with Crippen LogP contribution in [0.15, 0.2) is 21.6 Å². The van der Waals surface area contributed by atoms with Crippen LogP contribution in [0.1, 0.15) is 31.4 Å². The molecule has 0 radical (unpaired) electrons. The molecule has 0 aromatic carbocycles. The van der Waals surface area contributed by atoms with Crippen LogP contribution in [0, 0.1) is 0 Å². The van der Waals surface area contributed by atoms with Crippen molar-refractivity contribution in [1.29, 1.82) is 0 Å². The second-order valence-electron chi connectivity index (χ2n) is 4.92. The Labute approximate surface area is 138 Å². The van der Waals surface area contributed by atoms with E-state index in [4.69, 9.17) is 0 Å². The van der Waals surface area contributed by atoms with Gasteiger partial charge >= 0.3 is 0 Å². The number of halogens is 1. The average molecular weight is 369 g/mol. The van der Waals surface area contributed by atoms with Crippen molar-refractivity contribution in [2.45, 2.75) is 33.2 Å². The normalized spacial score (nSPS) is 10.7. The van der Waals surface area contributed by atoms with Crippen LogP contribution in [0.5, 0.6) is 0 Å². The van der Waals surface area contributed by atoms with Crippen LogP contribution in [0.2, 0.25) is 0 Å². The third kappa shape index (κ3) is 4.17. The van der Waals surface area contributed by atoms with Crippen molar-refractivity contribution in [1.82, 2.24) is 9.97 Å². The highest BCUT2D eigenvalue weighted by molar-refractivity contribution is 9.11. The molecule has 0 amide bonds. The molecule has 0 unspecified atom stereocenters. The summed E-state index contributed by atoms with van der Waals surface area (Å²) in [6.45, 7) is 5.99. The molecule has 2 aromatic heterocycles. The maximum Gasteiger partial charge on any atom is 0.137 e. The minimum absolute atomic E-state index is 0.849. The van der Waals surface area contributed by atoms with E-state index >= 15 is 0 Å². The summed E-state index contributed by atoms with van der Waals surface area (Å²) in [4.78, 5) is 11.1. The van der Waals surface area contributed by atoms with E-state index < -0.39 is 0 Å². The summed E-state index contributed by atoms with van der Waals surface area (Å²) in [5.74, 6) is 1.98. The van der Waals surface area contributed by atoms with Crippen molar-refractivity contribution >= 4 is 38.9 Å². The molecule has 114 valence electrons. The summed E-state index contributed by atoms with van der Waals surface area (Å²) in [6.07, 6.45) is 3.71. The fraction of sp³-hybridized carbons (Fsp3) is 0.467. The minimum atomic E-state index is 0.849. The lowest BCUT2D eigenvalue weighted by atomic mass is 10.1. The van der Waals surface area contributed by atoms with Crippen molar-refractivity contribution < 1.29 is 0 Å². The highest BCUT2D eigenvalue weighted by atomic mass is 79.9. The van der Waals surface area contributed by atoms with Gasteiger partial charge in [-0.25, -0.2) is 9.97 Å².